The van der Waals surface area contributed by atoms with Crippen LogP contribution in [0.3, 0.4) is 0 Å². The summed E-state index contributed by atoms with van der Waals surface area (Å²) in [4.78, 5) is 6.45. The highest BCUT2D eigenvalue weighted by atomic mass is 32.1. The molecule has 1 aromatic carbocycles. The van der Waals surface area contributed by atoms with Crippen LogP contribution in [0.4, 0.5) is 0 Å². The van der Waals surface area contributed by atoms with E-state index < -0.39 is 0 Å². The molecule has 0 radical (unpaired) electrons. The molecular formula is C42H62S2. The summed E-state index contributed by atoms with van der Waals surface area (Å²) in [6.45, 7) is 19.1. The third kappa shape index (κ3) is 6.05. The standard InChI is InChI=1S/C42H62S2/c1-9-13-17-21-41(22-18-14-10-2)33-25-32-34(26-31(33)39-35(41)27-37(43-39)29(5)6)42(23-19-15-11-3,24-20-16-12-4)36-28-38(30(7)8)44-40(32)36/h25-30H,9-24H2,1-8H3. The minimum atomic E-state index is 0.182. The molecule has 2 aliphatic carbocycles. The Bertz CT molecular complexity index is 1250. The van der Waals surface area contributed by atoms with Crippen molar-refractivity contribution in [2.45, 2.75) is 181 Å². The molecular weight excluding hydrogens is 569 g/mol. The average molecular weight is 631 g/mol. The summed E-state index contributed by atoms with van der Waals surface area (Å²) < 4.78 is 0. The highest BCUT2D eigenvalue weighted by Crippen LogP contribution is 2.64. The van der Waals surface area contributed by atoms with Crippen molar-refractivity contribution in [3.8, 4) is 20.9 Å². The fourth-order valence-electron chi connectivity index (χ4n) is 8.59. The van der Waals surface area contributed by atoms with Crippen LogP contribution in [0, 0.1) is 0 Å². The Kier molecular flexibility index (Phi) is 11.3. The van der Waals surface area contributed by atoms with Crippen LogP contribution in [-0.4, -0.2) is 0 Å². The second-order valence-electron chi connectivity index (χ2n) is 15.0. The second kappa shape index (κ2) is 14.6. The van der Waals surface area contributed by atoms with Crippen LogP contribution in [0.2, 0.25) is 0 Å². The number of thiophene rings is 2. The highest BCUT2D eigenvalue weighted by Gasteiger charge is 2.49. The SMILES string of the molecule is CCCCCC1(CCCCC)c2cc3c(cc2-c2sc(C(C)C)cc21)C(CCCCC)(CCCCC)c1cc(C(C)C)sc1-3. The van der Waals surface area contributed by atoms with Gasteiger partial charge < -0.3 is 0 Å². The summed E-state index contributed by atoms with van der Waals surface area (Å²) in [5.41, 5.74) is 10.4. The molecule has 0 nitrogen and oxygen atoms in total. The van der Waals surface area contributed by atoms with Crippen molar-refractivity contribution in [2.75, 3.05) is 0 Å². The third-order valence-electron chi connectivity index (χ3n) is 11.2. The van der Waals surface area contributed by atoms with Crippen molar-refractivity contribution in [3.63, 3.8) is 0 Å². The van der Waals surface area contributed by atoms with Gasteiger partial charge in [-0.25, -0.2) is 0 Å². The van der Waals surface area contributed by atoms with Crippen LogP contribution >= 0.6 is 22.7 Å². The third-order valence-corrected chi connectivity index (χ3v) is 14.1. The van der Waals surface area contributed by atoms with Crippen LogP contribution < -0.4 is 0 Å². The predicted molar refractivity (Wildman–Crippen MR) is 199 cm³/mol. The molecule has 0 fully saturated rings. The van der Waals surface area contributed by atoms with Crippen LogP contribution in [0.5, 0.6) is 0 Å². The van der Waals surface area contributed by atoms with Crippen molar-refractivity contribution >= 4 is 22.7 Å². The lowest BCUT2D eigenvalue weighted by atomic mass is 9.68. The molecule has 0 saturated carbocycles. The van der Waals surface area contributed by atoms with E-state index in [0.717, 1.165) is 0 Å². The average Bonchev–Trinajstić information content (AvgIpc) is 3.74. The van der Waals surface area contributed by atoms with Gasteiger partial charge in [0.2, 0.25) is 0 Å². The monoisotopic (exact) mass is 630 g/mol. The maximum absolute atomic E-state index is 2.80. The molecule has 0 bridgehead atoms. The van der Waals surface area contributed by atoms with Crippen molar-refractivity contribution in [3.05, 3.63) is 56.3 Å². The summed E-state index contributed by atoms with van der Waals surface area (Å²) in [5, 5.41) is 0. The van der Waals surface area contributed by atoms with Gasteiger partial charge in [-0.1, -0.05) is 132 Å². The van der Waals surface area contributed by atoms with E-state index in [2.05, 4.69) is 102 Å². The molecule has 2 heterocycles. The zero-order valence-corrected chi connectivity index (χ0v) is 31.2. The Labute approximate surface area is 279 Å². The van der Waals surface area contributed by atoms with E-state index >= 15 is 0 Å². The number of rotatable bonds is 18. The first-order valence-corrected chi connectivity index (χ1v) is 20.4. The van der Waals surface area contributed by atoms with Crippen LogP contribution in [-0.2, 0) is 10.8 Å². The van der Waals surface area contributed by atoms with Gasteiger partial charge in [-0.15, -0.1) is 22.7 Å². The van der Waals surface area contributed by atoms with E-state index in [4.69, 9.17) is 0 Å². The number of fused-ring (bicyclic) bond motifs is 6. The van der Waals surface area contributed by atoms with E-state index in [-0.39, 0.29) is 10.8 Å². The first kappa shape index (κ1) is 34.0. The van der Waals surface area contributed by atoms with Crippen LogP contribution in [0.15, 0.2) is 24.3 Å². The largest absolute Gasteiger partial charge is 0.140 e. The molecule has 3 aromatic rings. The molecule has 2 aromatic heterocycles. The molecule has 242 valence electrons. The minimum Gasteiger partial charge on any atom is -0.140 e. The molecule has 0 spiro atoms. The summed E-state index contributed by atoms with van der Waals surface area (Å²) in [6, 6.07) is 10.9. The lowest BCUT2D eigenvalue weighted by Gasteiger charge is -2.34. The van der Waals surface area contributed by atoms with Crippen molar-refractivity contribution in [2.24, 2.45) is 0 Å². The van der Waals surface area contributed by atoms with Crippen molar-refractivity contribution in [1.29, 1.82) is 0 Å². The van der Waals surface area contributed by atoms with Crippen molar-refractivity contribution in [1.82, 2.24) is 0 Å². The van der Waals surface area contributed by atoms with Gasteiger partial charge in [-0.3, -0.25) is 0 Å². The van der Waals surface area contributed by atoms with Gasteiger partial charge in [0.05, 0.1) is 0 Å². The first-order chi connectivity index (χ1) is 21.3. The van der Waals surface area contributed by atoms with Gasteiger partial charge in [0, 0.05) is 30.3 Å². The zero-order chi connectivity index (χ0) is 31.5. The molecule has 2 aliphatic rings. The molecule has 2 heteroatoms. The maximum atomic E-state index is 2.80. The lowest BCUT2D eigenvalue weighted by molar-refractivity contribution is 0.402. The molecule has 0 N–H and O–H groups in total. The maximum Gasteiger partial charge on any atom is 0.0390 e. The minimum absolute atomic E-state index is 0.182. The normalized spacial score (nSPS) is 15.7. The topological polar surface area (TPSA) is 0 Å². The lowest BCUT2D eigenvalue weighted by Crippen LogP contribution is -2.27. The summed E-state index contributed by atoms with van der Waals surface area (Å²) >= 11 is 4.27. The molecule has 0 atom stereocenters. The molecule has 0 amide bonds. The molecule has 5 rings (SSSR count). The first-order valence-electron chi connectivity index (χ1n) is 18.8. The van der Waals surface area contributed by atoms with E-state index in [1.807, 2.05) is 0 Å². The summed E-state index contributed by atoms with van der Waals surface area (Å²) in [5.74, 6) is 1.19. The van der Waals surface area contributed by atoms with Gasteiger partial charge >= 0.3 is 0 Å². The Morgan fingerprint density at radius 2 is 0.773 bits per heavy atom. The number of hydrogen-bond acceptors (Lipinski definition) is 2. The zero-order valence-electron chi connectivity index (χ0n) is 29.6. The van der Waals surface area contributed by atoms with Crippen LogP contribution in [0.25, 0.3) is 20.9 Å². The second-order valence-corrected chi connectivity index (χ2v) is 17.2. The van der Waals surface area contributed by atoms with Gasteiger partial charge in [0.1, 0.15) is 0 Å². The Morgan fingerprint density at radius 3 is 1.05 bits per heavy atom. The van der Waals surface area contributed by atoms with E-state index in [1.54, 1.807) is 52.9 Å². The fraction of sp³-hybridized carbons (Fsp3) is 0.667. The number of benzene rings is 1. The van der Waals surface area contributed by atoms with Gasteiger partial charge in [0.15, 0.2) is 0 Å². The van der Waals surface area contributed by atoms with Gasteiger partial charge in [0.25, 0.3) is 0 Å². The molecule has 0 unspecified atom stereocenters. The molecule has 44 heavy (non-hydrogen) atoms. The van der Waals surface area contributed by atoms with Gasteiger partial charge in [-0.2, -0.15) is 0 Å². The van der Waals surface area contributed by atoms with Crippen molar-refractivity contribution < 1.29 is 0 Å². The van der Waals surface area contributed by atoms with E-state index in [9.17, 15) is 0 Å². The smallest absolute Gasteiger partial charge is 0.0390 e. The Balaban J connectivity index is 1.76. The molecule has 0 aliphatic heterocycles. The Hall–Kier alpha value is -1.38. The molecule has 0 saturated heterocycles. The van der Waals surface area contributed by atoms with E-state index in [0.29, 0.717) is 11.8 Å². The quantitative estimate of drug-likeness (QED) is 0.123. The van der Waals surface area contributed by atoms with Gasteiger partial charge in [-0.05, 0) is 95.2 Å². The number of unbranched alkanes of at least 4 members (excludes halogenated alkanes) is 8. The van der Waals surface area contributed by atoms with E-state index in [1.165, 1.54) is 103 Å². The fourth-order valence-corrected chi connectivity index (χ4v) is 11.2. The summed E-state index contributed by atoms with van der Waals surface area (Å²) in [7, 11) is 0. The Morgan fingerprint density at radius 1 is 0.455 bits per heavy atom. The number of hydrogen-bond donors (Lipinski definition) is 0. The van der Waals surface area contributed by atoms with Crippen LogP contribution in [0.1, 0.15) is 202 Å². The predicted octanol–water partition coefficient (Wildman–Crippen LogP) is 14.9. The summed E-state index contributed by atoms with van der Waals surface area (Å²) in [6.07, 6.45) is 21.2. The highest BCUT2D eigenvalue weighted by molar-refractivity contribution is 7.16.